The summed E-state index contributed by atoms with van der Waals surface area (Å²) in [5.74, 6) is -0.187. The van der Waals surface area contributed by atoms with E-state index in [1.807, 2.05) is 74.0 Å². The molecule has 34 heavy (non-hydrogen) atoms. The van der Waals surface area contributed by atoms with Crippen molar-refractivity contribution < 1.29 is 9.59 Å². The lowest BCUT2D eigenvalue weighted by molar-refractivity contribution is -0.116. The minimum Gasteiger partial charge on any atom is -0.322 e. The molecule has 0 aliphatic carbocycles. The number of aryl methyl sites for hydroxylation is 1. The van der Waals surface area contributed by atoms with Gasteiger partial charge in [-0.25, -0.2) is 9.67 Å². The van der Waals surface area contributed by atoms with E-state index in [2.05, 4.69) is 10.4 Å². The first-order chi connectivity index (χ1) is 16.3. The molecule has 3 heterocycles. The van der Waals surface area contributed by atoms with Gasteiger partial charge in [0, 0.05) is 36.4 Å². The van der Waals surface area contributed by atoms with E-state index in [0.29, 0.717) is 28.8 Å². The van der Waals surface area contributed by atoms with Gasteiger partial charge in [0.1, 0.15) is 0 Å². The smallest absolute Gasteiger partial charge is 0.256 e. The number of nitrogens with zero attached hydrogens (tertiary/aromatic N) is 4. The number of rotatable bonds is 4. The van der Waals surface area contributed by atoms with E-state index in [4.69, 9.17) is 4.98 Å². The summed E-state index contributed by atoms with van der Waals surface area (Å²) in [7, 11) is 0. The summed E-state index contributed by atoms with van der Waals surface area (Å²) in [5.41, 5.74) is 6.70. The fourth-order valence-corrected chi connectivity index (χ4v) is 4.59. The molecule has 2 aromatic heterocycles. The normalized spacial score (nSPS) is 12.9. The Kier molecular flexibility index (Phi) is 5.40. The highest BCUT2D eigenvalue weighted by atomic mass is 16.2. The molecule has 0 spiro atoms. The number of pyridine rings is 1. The number of anilines is 2. The van der Waals surface area contributed by atoms with Crippen molar-refractivity contribution in [3.05, 3.63) is 71.4 Å². The Hall–Kier alpha value is -4.00. The molecule has 0 bridgehead atoms. The molecule has 0 fully saturated rings. The van der Waals surface area contributed by atoms with Crippen LogP contribution in [0.3, 0.4) is 0 Å². The number of fused-ring (bicyclic) bond motifs is 2. The Morgan fingerprint density at radius 2 is 1.88 bits per heavy atom. The first-order valence-corrected chi connectivity index (χ1v) is 11.5. The molecule has 0 unspecified atom stereocenters. The molecule has 0 atom stereocenters. The van der Waals surface area contributed by atoms with Gasteiger partial charge in [0.05, 0.1) is 22.8 Å². The predicted octanol–water partition coefficient (Wildman–Crippen LogP) is 5.15. The maximum Gasteiger partial charge on any atom is 0.256 e. The van der Waals surface area contributed by atoms with Crippen molar-refractivity contribution >= 4 is 34.2 Å². The number of benzene rings is 2. The van der Waals surface area contributed by atoms with Crippen LogP contribution in [0, 0.1) is 6.92 Å². The first-order valence-electron chi connectivity index (χ1n) is 11.5. The molecule has 2 aromatic carbocycles. The Morgan fingerprint density at radius 1 is 1.09 bits per heavy atom. The van der Waals surface area contributed by atoms with Crippen molar-refractivity contribution in [2.45, 2.75) is 40.2 Å². The number of aromatic nitrogens is 3. The molecule has 4 aromatic rings. The van der Waals surface area contributed by atoms with Gasteiger partial charge in [-0.1, -0.05) is 24.3 Å². The lowest BCUT2D eigenvalue weighted by Gasteiger charge is -2.15. The Bertz CT molecular complexity index is 1440. The maximum atomic E-state index is 13.5. The summed E-state index contributed by atoms with van der Waals surface area (Å²) in [6.45, 7) is 8.37. The van der Waals surface area contributed by atoms with E-state index in [1.54, 1.807) is 18.0 Å². The second kappa shape index (κ2) is 8.41. The van der Waals surface area contributed by atoms with Crippen molar-refractivity contribution in [3.63, 3.8) is 0 Å². The Morgan fingerprint density at radius 3 is 2.62 bits per heavy atom. The average molecular weight is 454 g/mol. The topological polar surface area (TPSA) is 80.1 Å². The second-order valence-corrected chi connectivity index (χ2v) is 9.01. The number of hydrogen-bond acceptors (Lipinski definition) is 4. The van der Waals surface area contributed by atoms with Crippen molar-refractivity contribution in [3.8, 4) is 11.3 Å². The molecule has 1 N–H and O–H groups in total. The van der Waals surface area contributed by atoms with Gasteiger partial charge < -0.3 is 10.2 Å². The molecule has 7 heteroatoms. The van der Waals surface area contributed by atoms with Crippen LogP contribution >= 0.6 is 0 Å². The number of nitrogens with one attached hydrogen (secondary N) is 1. The van der Waals surface area contributed by atoms with Gasteiger partial charge >= 0.3 is 0 Å². The van der Waals surface area contributed by atoms with Crippen LogP contribution in [0.15, 0.2) is 54.7 Å². The van der Waals surface area contributed by atoms with Crippen LogP contribution in [-0.4, -0.2) is 33.1 Å². The molecule has 5 rings (SSSR count). The lowest BCUT2D eigenvalue weighted by atomic mass is 10.0. The zero-order valence-corrected chi connectivity index (χ0v) is 19.8. The van der Waals surface area contributed by atoms with Gasteiger partial charge in [-0.05, 0) is 62.6 Å². The van der Waals surface area contributed by atoms with E-state index in [1.165, 1.54) is 0 Å². The number of amides is 2. The minimum atomic E-state index is -0.216. The van der Waals surface area contributed by atoms with Crippen LogP contribution in [0.25, 0.3) is 22.3 Å². The van der Waals surface area contributed by atoms with E-state index < -0.39 is 0 Å². The summed E-state index contributed by atoms with van der Waals surface area (Å²) in [5, 5.41) is 8.27. The second-order valence-electron chi connectivity index (χ2n) is 9.01. The molecular formula is C27H27N5O2. The van der Waals surface area contributed by atoms with Crippen LogP contribution in [0.4, 0.5) is 11.4 Å². The van der Waals surface area contributed by atoms with E-state index in [-0.39, 0.29) is 17.9 Å². The first kappa shape index (κ1) is 21.8. The van der Waals surface area contributed by atoms with E-state index in [9.17, 15) is 9.59 Å². The van der Waals surface area contributed by atoms with Gasteiger partial charge in [-0.3, -0.25) is 9.59 Å². The molecule has 1 aliphatic rings. The molecule has 0 saturated carbocycles. The highest BCUT2D eigenvalue weighted by Crippen LogP contribution is 2.32. The van der Waals surface area contributed by atoms with Crippen LogP contribution in [0.2, 0.25) is 0 Å². The molecule has 1 aliphatic heterocycles. The van der Waals surface area contributed by atoms with Gasteiger partial charge in [-0.15, -0.1) is 0 Å². The van der Waals surface area contributed by atoms with Gasteiger partial charge in [-0.2, -0.15) is 5.10 Å². The van der Waals surface area contributed by atoms with Crippen molar-refractivity contribution in [1.82, 2.24) is 14.8 Å². The van der Waals surface area contributed by atoms with E-state index >= 15 is 0 Å². The quantitative estimate of drug-likeness (QED) is 0.463. The SMILES string of the molecule is CC(=O)N1CCc2cc(NC(=O)c3cc(-c4ccccc4C)nc4c3cnn4C(C)C)ccc21. The zero-order chi connectivity index (χ0) is 24.0. The van der Waals surface area contributed by atoms with Crippen LogP contribution in [-0.2, 0) is 11.2 Å². The predicted molar refractivity (Wildman–Crippen MR) is 134 cm³/mol. The number of carbonyl (C=O) groups excluding carboxylic acids is 2. The molecule has 7 nitrogen and oxygen atoms in total. The Balaban J connectivity index is 1.56. The fourth-order valence-electron chi connectivity index (χ4n) is 4.59. The van der Waals surface area contributed by atoms with Crippen molar-refractivity contribution in [2.75, 3.05) is 16.8 Å². The highest BCUT2D eigenvalue weighted by molar-refractivity contribution is 6.13. The standard InChI is InChI=1S/C27H27N5O2/c1-16(2)32-26-23(15-28-32)22(14-24(30-26)21-8-6-5-7-17(21)3)27(34)29-20-9-10-25-19(13-20)11-12-31(25)18(4)33/h5-10,13-16H,11-12H2,1-4H3,(H,29,34). The molecule has 0 saturated heterocycles. The Labute approximate surface area is 198 Å². The molecule has 2 amide bonds. The minimum absolute atomic E-state index is 0.0283. The van der Waals surface area contributed by atoms with Crippen molar-refractivity contribution in [1.29, 1.82) is 0 Å². The largest absolute Gasteiger partial charge is 0.322 e. The molecule has 0 radical (unpaired) electrons. The number of hydrogen-bond donors (Lipinski definition) is 1. The van der Waals surface area contributed by atoms with Gasteiger partial charge in [0.15, 0.2) is 5.65 Å². The summed E-state index contributed by atoms with van der Waals surface area (Å²) in [4.78, 5) is 32.0. The summed E-state index contributed by atoms with van der Waals surface area (Å²) >= 11 is 0. The van der Waals surface area contributed by atoms with Crippen LogP contribution in [0.5, 0.6) is 0 Å². The average Bonchev–Trinajstić information content (AvgIpc) is 3.42. The van der Waals surface area contributed by atoms with Crippen LogP contribution in [0.1, 0.15) is 48.3 Å². The zero-order valence-electron chi connectivity index (χ0n) is 19.8. The summed E-state index contributed by atoms with van der Waals surface area (Å²) < 4.78 is 1.85. The van der Waals surface area contributed by atoms with E-state index in [0.717, 1.165) is 34.5 Å². The third kappa shape index (κ3) is 3.73. The summed E-state index contributed by atoms with van der Waals surface area (Å²) in [6.07, 6.45) is 2.49. The third-order valence-electron chi connectivity index (χ3n) is 6.33. The van der Waals surface area contributed by atoms with Gasteiger partial charge in [0.25, 0.3) is 5.91 Å². The lowest BCUT2D eigenvalue weighted by Crippen LogP contribution is -2.25. The van der Waals surface area contributed by atoms with Gasteiger partial charge in [0.2, 0.25) is 5.91 Å². The molecule has 172 valence electrons. The highest BCUT2D eigenvalue weighted by Gasteiger charge is 2.23. The monoisotopic (exact) mass is 453 g/mol. The van der Waals surface area contributed by atoms with Crippen molar-refractivity contribution in [2.24, 2.45) is 0 Å². The third-order valence-corrected chi connectivity index (χ3v) is 6.33. The fraction of sp³-hybridized carbons (Fsp3) is 0.259. The summed E-state index contributed by atoms with van der Waals surface area (Å²) in [6, 6.07) is 15.7. The molecular weight excluding hydrogens is 426 g/mol. The van der Waals surface area contributed by atoms with Crippen LogP contribution < -0.4 is 10.2 Å². The maximum absolute atomic E-state index is 13.5. The number of carbonyl (C=O) groups is 2.